The molecule has 0 amide bonds. The monoisotopic (exact) mass is 502 g/mol. The van der Waals surface area contributed by atoms with Gasteiger partial charge in [0.2, 0.25) is 0 Å². The van der Waals surface area contributed by atoms with E-state index in [9.17, 15) is 9.90 Å². The second kappa shape index (κ2) is 11.0. The maximum Gasteiger partial charge on any atom is 0.335 e. The van der Waals surface area contributed by atoms with Crippen LogP contribution in [0.5, 0.6) is 5.75 Å². The molecule has 5 rings (SSSR count). The molecule has 2 N–H and O–H groups in total. The Kier molecular flexibility index (Phi) is 7.82. The van der Waals surface area contributed by atoms with Gasteiger partial charge in [-0.2, -0.15) is 0 Å². The van der Waals surface area contributed by atoms with Crippen LogP contribution in [0.25, 0.3) is 10.8 Å². The Morgan fingerprint density at radius 1 is 1.03 bits per heavy atom. The fourth-order valence-corrected chi connectivity index (χ4v) is 4.91. The van der Waals surface area contributed by atoms with Crippen LogP contribution >= 0.6 is 12.4 Å². The lowest BCUT2D eigenvalue weighted by atomic mass is 9.99. The first-order chi connectivity index (χ1) is 17.0. The van der Waals surface area contributed by atoms with Crippen molar-refractivity contribution in [1.29, 1.82) is 0 Å². The van der Waals surface area contributed by atoms with Gasteiger partial charge in [-0.3, -0.25) is 0 Å². The van der Waals surface area contributed by atoms with Crippen LogP contribution in [-0.2, 0) is 0 Å². The maximum absolute atomic E-state index is 11.6. The molecule has 6 heteroatoms. The van der Waals surface area contributed by atoms with Gasteiger partial charge in [-0.15, -0.1) is 12.4 Å². The number of ether oxygens (including phenoxy) is 1. The minimum Gasteiger partial charge on any atom is -0.486 e. The first kappa shape index (κ1) is 25.5. The van der Waals surface area contributed by atoms with Crippen molar-refractivity contribution in [1.82, 2.24) is 5.32 Å². The lowest BCUT2D eigenvalue weighted by Gasteiger charge is -2.37. The summed E-state index contributed by atoms with van der Waals surface area (Å²) in [5.41, 5.74) is 4.49. The van der Waals surface area contributed by atoms with E-state index in [1.807, 2.05) is 37.3 Å². The van der Waals surface area contributed by atoms with Gasteiger partial charge >= 0.3 is 5.97 Å². The number of hydrogen-bond donors (Lipinski definition) is 2. The van der Waals surface area contributed by atoms with E-state index in [0.29, 0.717) is 6.54 Å². The van der Waals surface area contributed by atoms with E-state index in [2.05, 4.69) is 59.6 Å². The van der Waals surface area contributed by atoms with Gasteiger partial charge in [0.1, 0.15) is 11.9 Å². The number of carbonyl (C=O) groups is 1. The second-order valence-corrected chi connectivity index (χ2v) is 9.16. The second-order valence-electron chi connectivity index (χ2n) is 9.16. The van der Waals surface area contributed by atoms with Crippen molar-refractivity contribution in [3.63, 3.8) is 0 Å². The summed E-state index contributed by atoms with van der Waals surface area (Å²) in [4.78, 5) is 13.8. The molecule has 1 aliphatic heterocycles. The quantitative estimate of drug-likeness (QED) is 0.287. The molecule has 0 aromatic heterocycles. The third-order valence-corrected chi connectivity index (χ3v) is 6.79. The molecule has 1 heterocycles. The molecule has 0 bridgehead atoms. The molecule has 4 aromatic carbocycles. The van der Waals surface area contributed by atoms with Gasteiger partial charge in [0.15, 0.2) is 0 Å². The van der Waals surface area contributed by atoms with Crippen LogP contribution in [0.1, 0.15) is 40.9 Å². The zero-order valence-corrected chi connectivity index (χ0v) is 21.3. The zero-order chi connectivity index (χ0) is 24.4. The molecule has 1 aliphatic rings. The highest BCUT2D eigenvalue weighted by atomic mass is 35.5. The summed E-state index contributed by atoms with van der Waals surface area (Å²) in [7, 11) is 0. The number of carboxylic acids is 1. The highest BCUT2D eigenvalue weighted by molar-refractivity contribution is 5.90. The van der Waals surface area contributed by atoms with Crippen LogP contribution in [0.15, 0.2) is 84.9 Å². The average Bonchev–Trinajstić information content (AvgIpc) is 2.88. The molecule has 4 aromatic rings. The van der Waals surface area contributed by atoms with Crippen LogP contribution in [0, 0.1) is 6.92 Å². The minimum absolute atomic E-state index is 0. The van der Waals surface area contributed by atoms with Crippen molar-refractivity contribution in [3.8, 4) is 5.75 Å². The average molecular weight is 503 g/mol. The Morgan fingerprint density at radius 2 is 1.78 bits per heavy atom. The normalized spacial score (nSPS) is 15.5. The van der Waals surface area contributed by atoms with Gasteiger partial charge in [0, 0.05) is 11.7 Å². The van der Waals surface area contributed by atoms with Crippen LogP contribution in [0.4, 0.5) is 11.4 Å². The number of carboxylic acid groups (broad SMARTS) is 1. The molecule has 0 spiro atoms. The van der Waals surface area contributed by atoms with Gasteiger partial charge in [0.05, 0.1) is 17.8 Å². The van der Waals surface area contributed by atoms with Gasteiger partial charge in [-0.05, 0) is 73.0 Å². The number of rotatable bonds is 7. The molecule has 36 heavy (non-hydrogen) atoms. The van der Waals surface area contributed by atoms with E-state index in [0.717, 1.165) is 35.7 Å². The van der Waals surface area contributed by atoms with Gasteiger partial charge < -0.3 is 20.1 Å². The summed E-state index contributed by atoms with van der Waals surface area (Å²) < 4.78 is 6.36. The first-order valence-electron chi connectivity index (χ1n) is 12.1. The Bertz CT molecular complexity index is 1370. The topological polar surface area (TPSA) is 61.8 Å². The molecule has 0 radical (unpaired) electrons. The number of aromatic carboxylic acids is 1. The molecule has 0 aliphatic carbocycles. The number of benzene rings is 4. The number of nitrogens with one attached hydrogen (secondary N) is 1. The van der Waals surface area contributed by atoms with Crippen molar-refractivity contribution >= 4 is 40.5 Å². The molecule has 2 atom stereocenters. The summed E-state index contributed by atoms with van der Waals surface area (Å²) in [6.07, 6.45) is 0.808. The van der Waals surface area contributed by atoms with E-state index in [1.165, 1.54) is 16.3 Å². The fraction of sp³-hybridized carbons (Fsp3) is 0.233. The molecular weight excluding hydrogens is 472 g/mol. The Morgan fingerprint density at radius 3 is 2.61 bits per heavy atom. The predicted molar refractivity (Wildman–Crippen MR) is 148 cm³/mol. The molecule has 0 saturated carbocycles. The number of halogens is 1. The first-order valence-corrected chi connectivity index (χ1v) is 12.1. The molecule has 5 nitrogen and oxygen atoms in total. The van der Waals surface area contributed by atoms with Crippen molar-refractivity contribution < 1.29 is 14.6 Å². The fourth-order valence-electron chi connectivity index (χ4n) is 4.91. The van der Waals surface area contributed by atoms with Crippen LogP contribution in [0.2, 0.25) is 0 Å². The Hall–Kier alpha value is -3.54. The third kappa shape index (κ3) is 5.18. The van der Waals surface area contributed by atoms with Crippen LogP contribution < -0.4 is 15.0 Å². The van der Waals surface area contributed by atoms with E-state index in [4.69, 9.17) is 4.74 Å². The third-order valence-electron chi connectivity index (χ3n) is 6.79. The summed E-state index contributed by atoms with van der Waals surface area (Å²) >= 11 is 0. The van der Waals surface area contributed by atoms with Crippen molar-refractivity contribution in [2.75, 3.05) is 18.0 Å². The minimum atomic E-state index is -0.920. The molecular formula is C30H31ClN2O3. The number of hydrogen-bond acceptors (Lipinski definition) is 4. The van der Waals surface area contributed by atoms with E-state index in [-0.39, 0.29) is 30.1 Å². The molecule has 0 saturated heterocycles. The zero-order valence-electron chi connectivity index (χ0n) is 20.5. The smallest absolute Gasteiger partial charge is 0.335 e. The van der Waals surface area contributed by atoms with E-state index < -0.39 is 5.97 Å². The molecule has 1 unspecified atom stereocenters. The number of aryl methyl sites for hydroxylation is 1. The Balaban J connectivity index is 0.00000304. The lowest BCUT2D eigenvalue weighted by Crippen LogP contribution is -2.39. The molecule has 186 valence electrons. The van der Waals surface area contributed by atoms with E-state index >= 15 is 0 Å². The summed E-state index contributed by atoms with van der Waals surface area (Å²) in [5, 5.41) is 15.7. The number of fused-ring (bicyclic) bond motifs is 2. The van der Waals surface area contributed by atoms with Crippen molar-refractivity contribution in [3.05, 3.63) is 102 Å². The Labute approximate surface area is 218 Å². The summed E-state index contributed by atoms with van der Waals surface area (Å²) in [6.45, 7) is 5.68. The predicted octanol–water partition coefficient (Wildman–Crippen LogP) is 6.91. The molecule has 0 fully saturated rings. The summed E-state index contributed by atoms with van der Waals surface area (Å²) in [6, 6.07) is 28.4. The standard InChI is InChI=1S/C30H30N2O3.ClH/c1-20-14-15-23(30(33)34)18-28(20)32-19-24(35-29-13-6-5-12-27(29)32)16-17-31-21(2)25-11-7-9-22-8-3-4-10-26(22)25;/h3-15,18,21,24,31H,16-17,19H2,1-2H3,(H,33,34);1H/t21-,24?;/m1./s1. The highest BCUT2D eigenvalue weighted by Gasteiger charge is 2.28. The summed E-state index contributed by atoms with van der Waals surface area (Å²) in [5.74, 6) is -0.0954. The van der Waals surface area contributed by atoms with Crippen molar-refractivity contribution in [2.24, 2.45) is 0 Å². The number of nitrogens with zero attached hydrogens (tertiary/aromatic N) is 1. The highest BCUT2D eigenvalue weighted by Crippen LogP contribution is 2.40. The van der Waals surface area contributed by atoms with Crippen molar-refractivity contribution in [2.45, 2.75) is 32.4 Å². The number of anilines is 2. The lowest BCUT2D eigenvalue weighted by molar-refractivity contribution is 0.0697. The van der Waals surface area contributed by atoms with Gasteiger partial charge in [-0.1, -0.05) is 60.7 Å². The maximum atomic E-state index is 11.6. The van der Waals surface area contributed by atoms with Crippen LogP contribution in [0.3, 0.4) is 0 Å². The van der Waals surface area contributed by atoms with Gasteiger partial charge in [0.25, 0.3) is 0 Å². The largest absolute Gasteiger partial charge is 0.486 e. The van der Waals surface area contributed by atoms with E-state index in [1.54, 1.807) is 12.1 Å². The SMILES string of the molecule is Cc1ccc(C(=O)O)cc1N1CC(CCN[C@H](C)c2cccc3ccccc23)Oc2ccccc21.Cl. The van der Waals surface area contributed by atoms with Crippen LogP contribution in [-0.4, -0.2) is 30.3 Å². The van der Waals surface area contributed by atoms with Gasteiger partial charge in [-0.25, -0.2) is 4.79 Å². The number of para-hydroxylation sites is 2.